The Morgan fingerprint density at radius 1 is 1.30 bits per heavy atom. The van der Waals surface area contributed by atoms with Crippen LogP contribution in [0.1, 0.15) is 27.6 Å². The molecule has 3 rings (SSSR count). The number of nitrogens with one attached hydrogen (secondary N) is 2. The summed E-state index contributed by atoms with van der Waals surface area (Å²) in [5, 5.41) is 2.67. The van der Waals surface area contributed by atoms with Gasteiger partial charge in [-0.05, 0) is 26.8 Å². The van der Waals surface area contributed by atoms with E-state index in [0.717, 1.165) is 17.1 Å². The molecular formula is C13H14N6O. The molecule has 7 nitrogen and oxygen atoms in total. The van der Waals surface area contributed by atoms with Crippen LogP contribution in [0, 0.1) is 20.8 Å². The molecule has 3 aromatic rings. The maximum Gasteiger partial charge on any atom is 0.280 e. The second-order valence-electron chi connectivity index (χ2n) is 4.69. The van der Waals surface area contributed by atoms with Crippen LogP contribution >= 0.6 is 0 Å². The van der Waals surface area contributed by atoms with Crippen molar-refractivity contribution in [1.82, 2.24) is 24.3 Å². The van der Waals surface area contributed by atoms with E-state index in [1.807, 2.05) is 26.8 Å². The molecule has 7 heteroatoms. The molecule has 20 heavy (non-hydrogen) atoms. The summed E-state index contributed by atoms with van der Waals surface area (Å²) in [6.45, 7) is 5.70. The summed E-state index contributed by atoms with van der Waals surface area (Å²) in [7, 11) is 0. The standard InChI is InChI=1S/C13H14N6O/c1-7-4-9(3)19-6-15-10(11(19)16-7)12(20)18-13-14-5-8(2)17-13/h4-6H,1-3H3,(H2,14,17,18,20). The fourth-order valence-electron chi connectivity index (χ4n) is 2.08. The summed E-state index contributed by atoms with van der Waals surface area (Å²) in [5.41, 5.74) is 3.53. The van der Waals surface area contributed by atoms with Gasteiger partial charge in [0, 0.05) is 23.3 Å². The summed E-state index contributed by atoms with van der Waals surface area (Å²) in [4.78, 5) is 27.7. The van der Waals surface area contributed by atoms with Crippen molar-refractivity contribution in [2.75, 3.05) is 5.32 Å². The first-order valence-corrected chi connectivity index (χ1v) is 6.19. The highest BCUT2D eigenvalue weighted by Crippen LogP contribution is 2.12. The van der Waals surface area contributed by atoms with Crippen molar-refractivity contribution in [3.8, 4) is 0 Å². The molecule has 3 aromatic heterocycles. The molecular weight excluding hydrogens is 256 g/mol. The second kappa shape index (κ2) is 4.44. The number of hydrogen-bond donors (Lipinski definition) is 2. The van der Waals surface area contributed by atoms with E-state index >= 15 is 0 Å². The van der Waals surface area contributed by atoms with Crippen molar-refractivity contribution in [1.29, 1.82) is 0 Å². The van der Waals surface area contributed by atoms with Crippen molar-refractivity contribution >= 4 is 17.5 Å². The molecule has 0 aliphatic rings. The smallest absolute Gasteiger partial charge is 0.280 e. The van der Waals surface area contributed by atoms with Gasteiger partial charge >= 0.3 is 0 Å². The molecule has 0 spiro atoms. The molecule has 0 aromatic carbocycles. The SMILES string of the molecule is Cc1cc(C)n2cnc(C(=O)Nc3ncc(C)[nH]3)c2n1. The van der Waals surface area contributed by atoms with E-state index in [1.54, 1.807) is 16.9 Å². The van der Waals surface area contributed by atoms with Gasteiger partial charge in [-0.1, -0.05) is 0 Å². The van der Waals surface area contributed by atoms with Gasteiger partial charge in [0.05, 0.1) is 0 Å². The van der Waals surface area contributed by atoms with Gasteiger partial charge in [0.15, 0.2) is 11.3 Å². The Labute approximate surface area is 115 Å². The quantitative estimate of drug-likeness (QED) is 0.740. The van der Waals surface area contributed by atoms with Crippen LogP contribution in [0.15, 0.2) is 18.6 Å². The normalized spacial score (nSPS) is 10.9. The third-order valence-electron chi connectivity index (χ3n) is 2.97. The number of anilines is 1. The van der Waals surface area contributed by atoms with Crippen molar-refractivity contribution in [2.24, 2.45) is 0 Å². The number of carbonyl (C=O) groups is 1. The van der Waals surface area contributed by atoms with Crippen LogP contribution < -0.4 is 5.32 Å². The lowest BCUT2D eigenvalue weighted by molar-refractivity contribution is 0.102. The van der Waals surface area contributed by atoms with Gasteiger partial charge in [-0.3, -0.25) is 14.5 Å². The molecule has 0 radical (unpaired) electrons. The number of amides is 1. The average Bonchev–Trinajstić information content (AvgIpc) is 2.95. The van der Waals surface area contributed by atoms with E-state index < -0.39 is 0 Å². The van der Waals surface area contributed by atoms with Gasteiger partial charge in [0.25, 0.3) is 5.91 Å². The minimum atomic E-state index is -0.334. The topological polar surface area (TPSA) is 88.0 Å². The Morgan fingerprint density at radius 2 is 2.10 bits per heavy atom. The number of aromatic nitrogens is 5. The highest BCUT2D eigenvalue weighted by atomic mass is 16.2. The predicted octanol–water partition coefficient (Wildman–Crippen LogP) is 1.63. The molecule has 102 valence electrons. The fourth-order valence-corrected chi connectivity index (χ4v) is 2.08. The number of rotatable bonds is 2. The lowest BCUT2D eigenvalue weighted by atomic mass is 10.3. The molecule has 0 fully saturated rings. The Kier molecular flexibility index (Phi) is 2.74. The number of imidazole rings is 2. The number of fused-ring (bicyclic) bond motifs is 1. The van der Waals surface area contributed by atoms with E-state index in [4.69, 9.17) is 0 Å². The van der Waals surface area contributed by atoms with Gasteiger partial charge in [0.2, 0.25) is 5.95 Å². The number of hydrogen-bond acceptors (Lipinski definition) is 4. The highest BCUT2D eigenvalue weighted by molar-refractivity contribution is 6.06. The average molecular weight is 270 g/mol. The van der Waals surface area contributed by atoms with E-state index in [-0.39, 0.29) is 11.6 Å². The predicted molar refractivity (Wildman–Crippen MR) is 73.7 cm³/mol. The molecule has 0 unspecified atom stereocenters. The van der Waals surface area contributed by atoms with Crippen LogP contribution in [0.25, 0.3) is 5.65 Å². The lowest BCUT2D eigenvalue weighted by Crippen LogP contribution is -2.14. The molecule has 2 N–H and O–H groups in total. The van der Waals surface area contributed by atoms with E-state index in [2.05, 4.69) is 25.3 Å². The van der Waals surface area contributed by atoms with E-state index in [0.29, 0.717) is 11.6 Å². The van der Waals surface area contributed by atoms with Gasteiger partial charge < -0.3 is 4.98 Å². The maximum atomic E-state index is 12.2. The summed E-state index contributed by atoms with van der Waals surface area (Å²) < 4.78 is 1.79. The molecule has 3 heterocycles. The zero-order valence-corrected chi connectivity index (χ0v) is 11.4. The van der Waals surface area contributed by atoms with E-state index in [9.17, 15) is 4.79 Å². The molecule has 0 atom stereocenters. The lowest BCUT2D eigenvalue weighted by Gasteiger charge is -2.03. The van der Waals surface area contributed by atoms with Gasteiger partial charge in [0.1, 0.15) is 6.33 Å². The minimum absolute atomic E-state index is 0.283. The largest absolute Gasteiger partial charge is 0.328 e. The number of aryl methyl sites for hydroxylation is 3. The summed E-state index contributed by atoms with van der Waals surface area (Å²) in [5.74, 6) is 0.0670. The Balaban J connectivity index is 1.99. The highest BCUT2D eigenvalue weighted by Gasteiger charge is 2.17. The Bertz CT molecular complexity index is 800. The van der Waals surface area contributed by atoms with Crippen molar-refractivity contribution < 1.29 is 4.79 Å². The first-order chi connectivity index (χ1) is 9.54. The number of H-pyrrole nitrogens is 1. The van der Waals surface area contributed by atoms with Crippen molar-refractivity contribution in [2.45, 2.75) is 20.8 Å². The Hall–Kier alpha value is -2.70. The van der Waals surface area contributed by atoms with Gasteiger partial charge in [-0.25, -0.2) is 15.0 Å². The second-order valence-corrected chi connectivity index (χ2v) is 4.69. The summed E-state index contributed by atoms with van der Waals surface area (Å²) >= 11 is 0. The zero-order chi connectivity index (χ0) is 14.3. The monoisotopic (exact) mass is 270 g/mol. The summed E-state index contributed by atoms with van der Waals surface area (Å²) in [6.07, 6.45) is 3.24. The van der Waals surface area contributed by atoms with Crippen LogP contribution in [0.2, 0.25) is 0 Å². The molecule has 0 aliphatic heterocycles. The molecule has 0 aliphatic carbocycles. The molecule has 0 bridgehead atoms. The first-order valence-electron chi connectivity index (χ1n) is 6.19. The number of aromatic amines is 1. The zero-order valence-electron chi connectivity index (χ0n) is 11.4. The molecule has 0 saturated carbocycles. The van der Waals surface area contributed by atoms with Crippen LogP contribution in [0.5, 0.6) is 0 Å². The van der Waals surface area contributed by atoms with Crippen molar-refractivity contribution in [3.63, 3.8) is 0 Å². The third kappa shape index (κ3) is 2.03. The maximum absolute atomic E-state index is 12.2. The first kappa shape index (κ1) is 12.3. The van der Waals surface area contributed by atoms with Crippen LogP contribution in [0.3, 0.4) is 0 Å². The number of carbonyl (C=O) groups excluding carboxylic acids is 1. The molecule has 1 amide bonds. The van der Waals surface area contributed by atoms with Gasteiger partial charge in [-0.15, -0.1) is 0 Å². The fraction of sp³-hybridized carbons (Fsp3) is 0.231. The van der Waals surface area contributed by atoms with E-state index in [1.165, 1.54) is 0 Å². The Morgan fingerprint density at radius 3 is 2.80 bits per heavy atom. The number of nitrogens with zero attached hydrogens (tertiary/aromatic N) is 4. The van der Waals surface area contributed by atoms with Gasteiger partial charge in [-0.2, -0.15) is 0 Å². The van der Waals surface area contributed by atoms with Crippen LogP contribution in [-0.4, -0.2) is 30.2 Å². The molecule has 0 saturated heterocycles. The van der Waals surface area contributed by atoms with Crippen LogP contribution in [-0.2, 0) is 0 Å². The minimum Gasteiger partial charge on any atom is -0.328 e. The van der Waals surface area contributed by atoms with Crippen molar-refractivity contribution in [3.05, 3.63) is 41.4 Å². The summed E-state index contributed by atoms with van der Waals surface area (Å²) in [6, 6.07) is 1.94. The van der Waals surface area contributed by atoms with Crippen LogP contribution in [0.4, 0.5) is 5.95 Å². The third-order valence-corrected chi connectivity index (χ3v) is 2.97.